The Hall–Kier alpha value is -4.60. The number of nitrogens with two attached hydrogens (primary N) is 1. The van der Waals surface area contributed by atoms with E-state index < -0.39 is 0 Å². The molecule has 0 saturated heterocycles. The summed E-state index contributed by atoms with van der Waals surface area (Å²) in [5, 5.41) is 3.00. The van der Waals surface area contributed by atoms with Gasteiger partial charge in [-0.1, -0.05) is 12.1 Å². The Balaban J connectivity index is 1.45. The summed E-state index contributed by atoms with van der Waals surface area (Å²) < 4.78 is 27.1. The average Bonchev–Trinajstić information content (AvgIpc) is 3.35. The highest BCUT2D eigenvalue weighted by Gasteiger charge is 2.19. The molecular formula is C29H33FN6O3. The van der Waals surface area contributed by atoms with Crippen LogP contribution in [0, 0.1) is 12.7 Å². The molecule has 0 saturated carbocycles. The molecular weight excluding hydrogens is 499 g/mol. The molecule has 0 fully saturated rings. The van der Waals surface area contributed by atoms with E-state index in [-0.39, 0.29) is 18.4 Å². The molecule has 0 bridgehead atoms. The van der Waals surface area contributed by atoms with Gasteiger partial charge in [-0.05, 0) is 60.9 Å². The Morgan fingerprint density at radius 2 is 1.92 bits per heavy atom. The number of nitrogens with zero attached hydrogens (tertiary/aromatic N) is 4. The molecule has 0 spiro atoms. The number of carbonyl (C=O) groups excluding carboxylic acids is 1. The maximum atomic E-state index is 13.5. The Morgan fingerprint density at radius 1 is 1.10 bits per heavy atom. The number of rotatable bonds is 12. The summed E-state index contributed by atoms with van der Waals surface area (Å²) in [4.78, 5) is 23.0. The van der Waals surface area contributed by atoms with Crippen LogP contribution in [0.1, 0.15) is 23.2 Å². The number of nitrogen functional groups attached to an aromatic ring is 1. The van der Waals surface area contributed by atoms with Gasteiger partial charge in [0, 0.05) is 49.4 Å². The normalized spacial score (nSPS) is 10.7. The smallest absolute Gasteiger partial charge is 0.322 e. The van der Waals surface area contributed by atoms with Gasteiger partial charge >= 0.3 is 6.03 Å². The number of pyridine rings is 1. The van der Waals surface area contributed by atoms with Gasteiger partial charge in [0.05, 0.1) is 26.6 Å². The van der Waals surface area contributed by atoms with Gasteiger partial charge in [0.1, 0.15) is 11.6 Å². The molecule has 0 radical (unpaired) electrons. The van der Waals surface area contributed by atoms with Crippen molar-refractivity contribution < 1.29 is 18.7 Å². The van der Waals surface area contributed by atoms with E-state index in [0.29, 0.717) is 42.6 Å². The van der Waals surface area contributed by atoms with E-state index in [1.807, 2.05) is 23.6 Å². The first-order valence-corrected chi connectivity index (χ1v) is 12.7. The van der Waals surface area contributed by atoms with Crippen molar-refractivity contribution in [3.05, 3.63) is 96.0 Å². The zero-order valence-electron chi connectivity index (χ0n) is 22.1. The minimum absolute atomic E-state index is 0.250. The van der Waals surface area contributed by atoms with Crippen LogP contribution in [0.4, 0.5) is 20.7 Å². The van der Waals surface area contributed by atoms with Crippen LogP contribution in [0.3, 0.4) is 0 Å². The minimum Gasteiger partial charge on any atom is -0.493 e. The van der Waals surface area contributed by atoms with E-state index in [1.54, 1.807) is 61.1 Å². The van der Waals surface area contributed by atoms with E-state index in [1.165, 1.54) is 12.1 Å². The van der Waals surface area contributed by atoms with Gasteiger partial charge in [-0.25, -0.2) is 19.2 Å². The predicted octanol–water partition coefficient (Wildman–Crippen LogP) is 4.74. The number of benzene rings is 2. The molecule has 0 aliphatic heterocycles. The van der Waals surface area contributed by atoms with Crippen LogP contribution in [0.2, 0.25) is 0 Å². The van der Waals surface area contributed by atoms with Crippen LogP contribution >= 0.6 is 0 Å². The number of nitrogens with one attached hydrogen (secondary N) is 1. The summed E-state index contributed by atoms with van der Waals surface area (Å²) in [6, 6.07) is 14.9. The lowest BCUT2D eigenvalue weighted by atomic mass is 10.2. The Labute approximate surface area is 227 Å². The molecule has 10 heteroatoms. The van der Waals surface area contributed by atoms with Crippen molar-refractivity contribution >= 4 is 17.5 Å². The number of methoxy groups -OCH3 is 1. The van der Waals surface area contributed by atoms with E-state index >= 15 is 0 Å². The summed E-state index contributed by atoms with van der Waals surface area (Å²) in [6.07, 6.45) is 6.64. The van der Waals surface area contributed by atoms with Crippen LogP contribution in [0.5, 0.6) is 11.5 Å². The van der Waals surface area contributed by atoms with Crippen molar-refractivity contribution in [2.75, 3.05) is 30.9 Å². The van der Waals surface area contributed by atoms with Gasteiger partial charge in [-0.3, -0.25) is 4.90 Å². The highest BCUT2D eigenvalue weighted by Crippen LogP contribution is 2.33. The molecule has 0 atom stereocenters. The van der Waals surface area contributed by atoms with Gasteiger partial charge in [0.2, 0.25) is 0 Å². The largest absolute Gasteiger partial charge is 0.493 e. The number of anilines is 2. The Kier molecular flexibility index (Phi) is 9.34. The van der Waals surface area contributed by atoms with E-state index in [4.69, 9.17) is 15.2 Å². The van der Waals surface area contributed by atoms with Crippen molar-refractivity contribution in [3.8, 4) is 11.5 Å². The fourth-order valence-corrected chi connectivity index (χ4v) is 4.09. The van der Waals surface area contributed by atoms with Crippen LogP contribution in [0.15, 0.2) is 73.3 Å². The van der Waals surface area contributed by atoms with Gasteiger partial charge < -0.3 is 25.1 Å². The molecule has 204 valence electrons. The molecule has 9 nitrogen and oxygen atoms in total. The SMILES string of the molecule is COc1cc(N(Cc2ccc(F)cc2)C(=O)NCCCn2cncc2C)ccc1OCCc1ccnc(N)c1. The number of halogens is 1. The van der Waals surface area contributed by atoms with Gasteiger partial charge in [0.15, 0.2) is 11.5 Å². The van der Waals surface area contributed by atoms with E-state index in [9.17, 15) is 9.18 Å². The lowest BCUT2D eigenvalue weighted by Gasteiger charge is -2.24. The second-order valence-corrected chi connectivity index (χ2v) is 9.05. The Morgan fingerprint density at radius 3 is 2.64 bits per heavy atom. The number of urea groups is 1. The van der Waals surface area contributed by atoms with Gasteiger partial charge in [-0.15, -0.1) is 0 Å². The molecule has 0 aliphatic carbocycles. The fourth-order valence-electron chi connectivity index (χ4n) is 4.09. The third kappa shape index (κ3) is 7.70. The van der Waals surface area contributed by atoms with E-state index in [0.717, 1.165) is 29.8 Å². The van der Waals surface area contributed by atoms with E-state index in [2.05, 4.69) is 15.3 Å². The van der Waals surface area contributed by atoms with Crippen molar-refractivity contribution in [3.63, 3.8) is 0 Å². The lowest BCUT2D eigenvalue weighted by Crippen LogP contribution is -2.40. The first kappa shape index (κ1) is 27.4. The van der Waals surface area contributed by atoms with Crippen LogP contribution in [0.25, 0.3) is 0 Å². The second-order valence-electron chi connectivity index (χ2n) is 9.05. The first-order chi connectivity index (χ1) is 18.9. The number of carbonyl (C=O) groups is 1. The molecule has 3 N–H and O–H groups in total. The topological polar surface area (TPSA) is 108 Å². The summed E-state index contributed by atoms with van der Waals surface area (Å²) in [7, 11) is 1.55. The Bertz CT molecular complexity index is 1380. The highest BCUT2D eigenvalue weighted by atomic mass is 19.1. The predicted molar refractivity (Wildman–Crippen MR) is 148 cm³/mol. The molecule has 0 unspecified atom stereocenters. The van der Waals surface area contributed by atoms with Crippen molar-refractivity contribution in [1.82, 2.24) is 19.9 Å². The standard InChI is InChI=1S/C29H33FN6O3/c1-21-18-32-20-35(21)14-3-12-34-29(37)36(19-23-4-6-24(30)7-5-23)25-8-9-26(27(17-25)38-2)39-15-11-22-10-13-33-28(31)16-22/h4-10,13,16-18,20H,3,11-12,14-15,19H2,1-2H3,(H2,31,33)(H,34,37). The number of hydrogen-bond donors (Lipinski definition) is 2. The molecule has 2 aromatic carbocycles. The molecule has 4 rings (SSSR count). The zero-order valence-corrected chi connectivity index (χ0v) is 22.1. The lowest BCUT2D eigenvalue weighted by molar-refractivity contribution is 0.245. The number of aryl methyl sites for hydroxylation is 2. The maximum absolute atomic E-state index is 13.5. The van der Waals surface area contributed by atoms with Crippen LogP contribution in [-0.2, 0) is 19.5 Å². The minimum atomic E-state index is -0.331. The fraction of sp³-hybridized carbons (Fsp3) is 0.276. The third-order valence-corrected chi connectivity index (χ3v) is 6.22. The summed E-state index contributed by atoms with van der Waals surface area (Å²) in [6.45, 7) is 3.88. The van der Waals surface area contributed by atoms with Crippen molar-refractivity contribution in [2.45, 2.75) is 32.9 Å². The number of hydrogen-bond acceptors (Lipinski definition) is 6. The maximum Gasteiger partial charge on any atom is 0.322 e. The highest BCUT2D eigenvalue weighted by molar-refractivity contribution is 5.92. The van der Waals surface area contributed by atoms with Crippen LogP contribution < -0.4 is 25.4 Å². The zero-order chi connectivity index (χ0) is 27.6. The summed E-state index contributed by atoms with van der Waals surface area (Å²) >= 11 is 0. The molecule has 39 heavy (non-hydrogen) atoms. The summed E-state index contributed by atoms with van der Waals surface area (Å²) in [5.41, 5.74) is 9.25. The molecule has 2 amide bonds. The molecule has 0 aliphatic rings. The van der Waals surface area contributed by atoms with Gasteiger partial charge in [-0.2, -0.15) is 0 Å². The number of ether oxygens (including phenoxy) is 2. The second kappa shape index (κ2) is 13.3. The van der Waals surface area contributed by atoms with Crippen molar-refractivity contribution in [2.24, 2.45) is 0 Å². The van der Waals surface area contributed by atoms with Gasteiger partial charge in [0.25, 0.3) is 0 Å². The number of amides is 2. The monoisotopic (exact) mass is 532 g/mol. The number of aromatic nitrogens is 3. The molecule has 2 aromatic heterocycles. The third-order valence-electron chi connectivity index (χ3n) is 6.22. The van der Waals surface area contributed by atoms with Crippen molar-refractivity contribution in [1.29, 1.82) is 0 Å². The van der Waals surface area contributed by atoms with Crippen LogP contribution in [-0.4, -0.2) is 40.8 Å². The number of imidazole rings is 1. The molecule has 2 heterocycles. The first-order valence-electron chi connectivity index (χ1n) is 12.7. The quantitative estimate of drug-likeness (QED) is 0.255. The average molecular weight is 533 g/mol. The summed E-state index contributed by atoms with van der Waals surface area (Å²) in [5.74, 6) is 1.18. The molecule has 4 aromatic rings.